The lowest BCUT2D eigenvalue weighted by atomic mass is 9.93. The van der Waals surface area contributed by atoms with Gasteiger partial charge in [-0.1, -0.05) is 0 Å². The number of piperidine rings is 1. The largest absolute Gasteiger partial charge is 0.341 e. The standard InChI is InChI=1S/C20H24N4O2/c1-14(18(26)24-10-8-19(4-5-19)9-11-24)23-17(25)15-2-3-16(22-12-15)20(13-21)6-7-20/h2-3,12,14H,4-11H2,1H3,(H,23,25). The molecule has 136 valence electrons. The van der Waals surface area contributed by atoms with E-state index in [-0.39, 0.29) is 11.8 Å². The summed E-state index contributed by atoms with van der Waals surface area (Å²) in [6.45, 7) is 3.33. The molecule has 0 radical (unpaired) electrons. The van der Waals surface area contributed by atoms with Gasteiger partial charge in [0.1, 0.15) is 6.04 Å². The minimum absolute atomic E-state index is 0.0140. The van der Waals surface area contributed by atoms with Crippen LogP contribution in [0.25, 0.3) is 0 Å². The molecule has 6 nitrogen and oxygen atoms in total. The van der Waals surface area contributed by atoms with Gasteiger partial charge in [0.25, 0.3) is 5.91 Å². The van der Waals surface area contributed by atoms with Crippen LogP contribution in [0.2, 0.25) is 0 Å². The number of nitriles is 1. The summed E-state index contributed by atoms with van der Waals surface area (Å²) in [5, 5.41) is 12.0. The molecule has 2 heterocycles. The topological polar surface area (TPSA) is 86.1 Å². The lowest BCUT2D eigenvalue weighted by molar-refractivity contribution is -0.134. The summed E-state index contributed by atoms with van der Waals surface area (Å²) in [5.74, 6) is -0.317. The van der Waals surface area contributed by atoms with Gasteiger partial charge in [0.15, 0.2) is 0 Å². The Kier molecular flexibility index (Phi) is 3.98. The first-order valence-corrected chi connectivity index (χ1v) is 9.45. The number of likely N-dealkylation sites (tertiary alicyclic amines) is 1. The van der Waals surface area contributed by atoms with Crippen molar-refractivity contribution in [2.75, 3.05) is 13.1 Å². The summed E-state index contributed by atoms with van der Waals surface area (Å²) in [7, 11) is 0. The molecular weight excluding hydrogens is 328 g/mol. The Morgan fingerprint density at radius 1 is 1.19 bits per heavy atom. The maximum Gasteiger partial charge on any atom is 0.253 e. The number of aromatic nitrogens is 1. The second-order valence-corrected chi connectivity index (χ2v) is 8.15. The van der Waals surface area contributed by atoms with Crippen LogP contribution >= 0.6 is 0 Å². The average molecular weight is 352 g/mol. The molecule has 1 unspecified atom stereocenters. The summed E-state index contributed by atoms with van der Waals surface area (Å²) < 4.78 is 0. The van der Waals surface area contributed by atoms with Gasteiger partial charge in [0.05, 0.1) is 22.7 Å². The second-order valence-electron chi connectivity index (χ2n) is 8.15. The van der Waals surface area contributed by atoms with E-state index in [4.69, 9.17) is 0 Å². The number of hydrogen-bond donors (Lipinski definition) is 1. The number of carbonyl (C=O) groups excluding carboxylic acids is 2. The molecular formula is C20H24N4O2. The first-order chi connectivity index (χ1) is 12.5. The molecule has 1 spiro atoms. The normalized spacial score (nSPS) is 23.0. The Balaban J connectivity index is 1.33. The van der Waals surface area contributed by atoms with Crippen molar-refractivity contribution in [3.8, 4) is 6.07 Å². The molecule has 1 saturated heterocycles. The van der Waals surface area contributed by atoms with Crippen molar-refractivity contribution in [3.63, 3.8) is 0 Å². The SMILES string of the molecule is CC(NC(=O)c1ccc(C2(C#N)CC2)nc1)C(=O)N1CCC2(CC1)CC2. The summed E-state index contributed by atoms with van der Waals surface area (Å²) in [6.07, 6.45) is 7.93. The van der Waals surface area contributed by atoms with Crippen LogP contribution in [-0.2, 0) is 10.2 Å². The van der Waals surface area contributed by atoms with Crippen molar-refractivity contribution in [3.05, 3.63) is 29.6 Å². The highest BCUT2D eigenvalue weighted by Crippen LogP contribution is 2.53. The summed E-state index contributed by atoms with van der Waals surface area (Å²) >= 11 is 0. The number of hydrogen-bond acceptors (Lipinski definition) is 4. The number of pyridine rings is 1. The van der Waals surface area contributed by atoms with Crippen LogP contribution in [0.15, 0.2) is 18.3 Å². The zero-order valence-corrected chi connectivity index (χ0v) is 15.1. The van der Waals surface area contributed by atoms with Gasteiger partial charge in [-0.05, 0) is 63.0 Å². The van der Waals surface area contributed by atoms with Crippen LogP contribution in [0.4, 0.5) is 0 Å². The van der Waals surface area contributed by atoms with Crippen molar-refractivity contribution in [1.29, 1.82) is 5.26 Å². The van der Waals surface area contributed by atoms with Crippen molar-refractivity contribution in [2.45, 2.75) is 56.9 Å². The molecule has 0 bridgehead atoms. The van der Waals surface area contributed by atoms with Gasteiger partial charge in [0.2, 0.25) is 5.91 Å². The lowest BCUT2D eigenvalue weighted by Crippen LogP contribution is -2.49. The molecule has 1 aromatic rings. The van der Waals surface area contributed by atoms with E-state index >= 15 is 0 Å². The Morgan fingerprint density at radius 3 is 2.38 bits per heavy atom. The number of nitrogens with zero attached hydrogens (tertiary/aromatic N) is 3. The van der Waals surface area contributed by atoms with Crippen LogP contribution in [-0.4, -0.2) is 40.8 Å². The van der Waals surface area contributed by atoms with Gasteiger partial charge in [0, 0.05) is 19.3 Å². The number of carbonyl (C=O) groups is 2. The summed E-state index contributed by atoms with van der Waals surface area (Å²) in [4.78, 5) is 31.2. The fraction of sp³-hybridized carbons (Fsp3) is 0.600. The van der Waals surface area contributed by atoms with E-state index in [0.29, 0.717) is 11.0 Å². The molecule has 1 atom stereocenters. The Labute approximate surface area is 153 Å². The highest BCUT2D eigenvalue weighted by atomic mass is 16.2. The number of rotatable bonds is 4. The maximum atomic E-state index is 12.6. The van der Waals surface area contributed by atoms with E-state index in [9.17, 15) is 14.9 Å². The third-order valence-electron chi connectivity index (χ3n) is 6.29. The number of amides is 2. The molecule has 2 aliphatic carbocycles. The third kappa shape index (κ3) is 3.07. The van der Waals surface area contributed by atoms with Gasteiger partial charge >= 0.3 is 0 Å². The zero-order valence-electron chi connectivity index (χ0n) is 15.1. The van der Waals surface area contributed by atoms with Crippen LogP contribution in [0.3, 0.4) is 0 Å². The van der Waals surface area contributed by atoms with Crippen LogP contribution in [0.5, 0.6) is 0 Å². The van der Waals surface area contributed by atoms with E-state index in [1.54, 1.807) is 19.1 Å². The molecule has 3 fully saturated rings. The van der Waals surface area contributed by atoms with E-state index in [1.165, 1.54) is 19.0 Å². The molecule has 2 saturated carbocycles. The van der Waals surface area contributed by atoms with Crippen LogP contribution in [0, 0.1) is 16.7 Å². The molecule has 2 amide bonds. The minimum atomic E-state index is -0.552. The van der Waals surface area contributed by atoms with Crippen LogP contribution in [0.1, 0.15) is 61.5 Å². The van der Waals surface area contributed by atoms with Crippen molar-refractivity contribution in [2.24, 2.45) is 5.41 Å². The van der Waals surface area contributed by atoms with Crippen molar-refractivity contribution in [1.82, 2.24) is 15.2 Å². The molecule has 4 rings (SSSR count). The third-order valence-corrected chi connectivity index (χ3v) is 6.29. The molecule has 6 heteroatoms. The lowest BCUT2D eigenvalue weighted by Gasteiger charge is -2.33. The van der Waals surface area contributed by atoms with Gasteiger partial charge in [-0.3, -0.25) is 14.6 Å². The zero-order chi connectivity index (χ0) is 18.4. The second kappa shape index (κ2) is 6.08. The molecule has 26 heavy (non-hydrogen) atoms. The monoisotopic (exact) mass is 352 g/mol. The summed E-state index contributed by atoms with van der Waals surface area (Å²) in [6, 6.07) is 5.18. The predicted octanol–water partition coefficient (Wildman–Crippen LogP) is 2.16. The molecule has 1 aromatic heterocycles. The van der Waals surface area contributed by atoms with E-state index < -0.39 is 11.5 Å². The number of nitrogens with one attached hydrogen (secondary N) is 1. The van der Waals surface area contributed by atoms with Crippen molar-refractivity contribution < 1.29 is 9.59 Å². The smallest absolute Gasteiger partial charge is 0.253 e. The van der Waals surface area contributed by atoms with E-state index in [1.807, 2.05) is 4.90 Å². The Bertz CT molecular complexity index is 762. The summed E-state index contributed by atoms with van der Waals surface area (Å²) in [5.41, 5.74) is 1.21. The van der Waals surface area contributed by atoms with E-state index in [2.05, 4.69) is 16.4 Å². The quantitative estimate of drug-likeness (QED) is 0.900. The first kappa shape index (κ1) is 17.0. The molecule has 3 aliphatic rings. The Morgan fingerprint density at radius 2 is 1.88 bits per heavy atom. The molecule has 1 aliphatic heterocycles. The van der Waals surface area contributed by atoms with E-state index in [0.717, 1.165) is 44.5 Å². The average Bonchev–Trinajstić information content (AvgIpc) is 3.59. The van der Waals surface area contributed by atoms with Crippen molar-refractivity contribution >= 4 is 11.8 Å². The molecule has 1 N–H and O–H groups in total. The predicted molar refractivity (Wildman–Crippen MR) is 95.2 cm³/mol. The van der Waals surface area contributed by atoms with Gasteiger partial charge < -0.3 is 10.2 Å². The first-order valence-electron chi connectivity index (χ1n) is 9.45. The highest BCUT2D eigenvalue weighted by Gasteiger charge is 2.46. The van der Waals surface area contributed by atoms with Gasteiger partial charge in [-0.15, -0.1) is 0 Å². The van der Waals surface area contributed by atoms with Gasteiger partial charge in [-0.2, -0.15) is 5.26 Å². The highest BCUT2D eigenvalue weighted by molar-refractivity contribution is 5.97. The Hall–Kier alpha value is -2.42. The maximum absolute atomic E-state index is 12.6. The van der Waals surface area contributed by atoms with Crippen LogP contribution < -0.4 is 5.32 Å². The minimum Gasteiger partial charge on any atom is -0.341 e. The molecule has 0 aromatic carbocycles. The van der Waals surface area contributed by atoms with Gasteiger partial charge in [-0.25, -0.2) is 0 Å². The fourth-order valence-corrected chi connectivity index (χ4v) is 3.86. The fourth-order valence-electron chi connectivity index (χ4n) is 3.86.